The molecule has 1 unspecified atom stereocenters. The molecule has 0 aliphatic carbocycles. The molecule has 1 rings (SSSR count). The van der Waals surface area contributed by atoms with Gasteiger partial charge in [-0.25, -0.2) is 0 Å². The van der Waals surface area contributed by atoms with Crippen LogP contribution in [0.1, 0.15) is 17.3 Å². The first kappa shape index (κ1) is 11.4. The molecule has 82 valence electrons. The average molecular weight is 211 g/mol. The minimum Gasteiger partial charge on any atom is -0.480 e. The molecular formula is C9H13N3O3. The minimum atomic E-state index is -0.618. The van der Waals surface area contributed by atoms with Gasteiger partial charge in [0.15, 0.2) is 5.78 Å². The Morgan fingerprint density at radius 3 is 2.53 bits per heavy atom. The summed E-state index contributed by atoms with van der Waals surface area (Å²) < 4.78 is 9.77. The van der Waals surface area contributed by atoms with Crippen molar-refractivity contribution in [3.05, 3.63) is 11.6 Å². The van der Waals surface area contributed by atoms with Crippen LogP contribution in [0.5, 0.6) is 11.8 Å². The van der Waals surface area contributed by atoms with Crippen LogP contribution in [-0.4, -0.2) is 36.2 Å². The molecule has 0 aromatic carbocycles. The Kier molecular flexibility index (Phi) is 3.56. The molecule has 0 spiro atoms. The van der Waals surface area contributed by atoms with E-state index in [1.54, 1.807) is 6.92 Å². The molecule has 0 bridgehead atoms. The van der Waals surface area contributed by atoms with E-state index in [4.69, 9.17) is 15.2 Å². The number of ether oxygens (including phenoxy) is 2. The topological polar surface area (TPSA) is 87.3 Å². The number of ketones is 1. The lowest BCUT2D eigenvalue weighted by Crippen LogP contribution is -2.27. The van der Waals surface area contributed by atoms with E-state index in [0.29, 0.717) is 0 Å². The van der Waals surface area contributed by atoms with Crippen LogP contribution in [0.25, 0.3) is 0 Å². The van der Waals surface area contributed by atoms with Crippen LogP contribution < -0.4 is 15.2 Å². The van der Waals surface area contributed by atoms with Gasteiger partial charge in [0.1, 0.15) is 0 Å². The summed E-state index contributed by atoms with van der Waals surface area (Å²) in [5.41, 5.74) is 5.77. The lowest BCUT2D eigenvalue weighted by Gasteiger charge is -2.08. The van der Waals surface area contributed by atoms with Gasteiger partial charge in [-0.3, -0.25) is 4.79 Å². The number of rotatable bonds is 4. The highest BCUT2D eigenvalue weighted by molar-refractivity contribution is 6.01. The van der Waals surface area contributed by atoms with Crippen molar-refractivity contribution < 1.29 is 14.3 Å². The molecule has 0 amide bonds. The maximum atomic E-state index is 11.7. The summed E-state index contributed by atoms with van der Waals surface area (Å²) >= 11 is 0. The predicted octanol–water partition coefficient (Wildman–Crippen LogP) is 0.0237. The molecule has 0 aliphatic rings. The lowest BCUT2D eigenvalue weighted by molar-refractivity contribution is 0.0963. The van der Waals surface area contributed by atoms with Gasteiger partial charge in [0.25, 0.3) is 0 Å². The van der Waals surface area contributed by atoms with E-state index < -0.39 is 6.04 Å². The smallest absolute Gasteiger partial charge is 0.244 e. The fourth-order valence-electron chi connectivity index (χ4n) is 1.03. The number of hydrogen-bond acceptors (Lipinski definition) is 6. The monoisotopic (exact) mass is 211 g/mol. The molecule has 0 radical (unpaired) electrons. The molecule has 1 heterocycles. The quantitative estimate of drug-likeness (QED) is 0.706. The Bertz CT molecular complexity index is 366. The molecule has 1 aromatic rings. The van der Waals surface area contributed by atoms with Gasteiger partial charge < -0.3 is 15.2 Å². The molecule has 6 heteroatoms. The Hall–Kier alpha value is -1.69. The number of nitrogens with zero attached hydrogens (tertiary/aromatic N) is 2. The molecular weight excluding hydrogens is 198 g/mol. The second-order valence-corrected chi connectivity index (χ2v) is 2.96. The van der Waals surface area contributed by atoms with Crippen molar-refractivity contribution in [1.29, 1.82) is 0 Å². The van der Waals surface area contributed by atoms with Gasteiger partial charge >= 0.3 is 0 Å². The van der Waals surface area contributed by atoms with E-state index in [2.05, 4.69) is 10.2 Å². The normalized spacial score (nSPS) is 12.0. The van der Waals surface area contributed by atoms with Crippen molar-refractivity contribution >= 4 is 5.78 Å². The molecule has 0 aliphatic heterocycles. The SMILES string of the molecule is COc1cc(C(=O)C(C)N)c(OC)nn1. The first-order chi connectivity index (χ1) is 7.10. The van der Waals surface area contributed by atoms with E-state index in [1.165, 1.54) is 20.3 Å². The molecule has 2 N–H and O–H groups in total. The number of carbonyl (C=O) groups excluding carboxylic acids is 1. The Balaban J connectivity index is 3.17. The summed E-state index contributed by atoms with van der Waals surface area (Å²) in [6.45, 7) is 1.59. The van der Waals surface area contributed by atoms with Gasteiger partial charge in [-0.1, -0.05) is 0 Å². The minimum absolute atomic E-state index is 0.151. The summed E-state index contributed by atoms with van der Waals surface area (Å²) in [5, 5.41) is 7.38. The fourth-order valence-corrected chi connectivity index (χ4v) is 1.03. The number of nitrogens with two attached hydrogens (primary N) is 1. The van der Waals surface area contributed by atoms with Crippen molar-refractivity contribution in [2.45, 2.75) is 13.0 Å². The van der Waals surface area contributed by atoms with Crippen molar-refractivity contribution in [2.24, 2.45) is 5.73 Å². The number of methoxy groups -OCH3 is 2. The zero-order chi connectivity index (χ0) is 11.4. The number of hydrogen-bond donors (Lipinski definition) is 1. The first-order valence-electron chi connectivity index (χ1n) is 4.35. The zero-order valence-corrected chi connectivity index (χ0v) is 8.85. The summed E-state index contributed by atoms with van der Waals surface area (Å²) in [5.74, 6) is 0.137. The van der Waals surface area contributed by atoms with Crippen LogP contribution in [-0.2, 0) is 0 Å². The highest BCUT2D eigenvalue weighted by Gasteiger charge is 2.18. The third kappa shape index (κ3) is 2.41. The molecule has 0 saturated heterocycles. The number of Topliss-reactive ketones (excluding diaryl/α,β-unsaturated/α-hetero) is 1. The molecule has 1 atom stereocenters. The first-order valence-corrected chi connectivity index (χ1v) is 4.35. The second-order valence-electron chi connectivity index (χ2n) is 2.96. The number of aromatic nitrogens is 2. The van der Waals surface area contributed by atoms with Crippen molar-refractivity contribution in [3.63, 3.8) is 0 Å². The van der Waals surface area contributed by atoms with E-state index >= 15 is 0 Å². The predicted molar refractivity (Wildman–Crippen MR) is 53.1 cm³/mol. The van der Waals surface area contributed by atoms with Gasteiger partial charge in [-0.05, 0) is 6.92 Å². The van der Waals surface area contributed by atoms with Crippen LogP contribution in [0.3, 0.4) is 0 Å². The van der Waals surface area contributed by atoms with Crippen LogP contribution in [0.2, 0.25) is 0 Å². The summed E-state index contributed by atoms with van der Waals surface area (Å²) in [6.07, 6.45) is 0. The summed E-state index contributed by atoms with van der Waals surface area (Å²) in [6, 6.07) is 0.838. The van der Waals surface area contributed by atoms with Crippen molar-refractivity contribution in [2.75, 3.05) is 14.2 Å². The van der Waals surface area contributed by atoms with E-state index in [-0.39, 0.29) is 23.1 Å². The van der Waals surface area contributed by atoms with Crippen LogP contribution in [0.15, 0.2) is 6.07 Å². The summed E-state index contributed by atoms with van der Waals surface area (Å²) in [7, 11) is 2.85. The molecule has 6 nitrogen and oxygen atoms in total. The van der Waals surface area contributed by atoms with E-state index in [0.717, 1.165) is 0 Å². The molecule has 0 fully saturated rings. The molecule has 0 saturated carbocycles. The number of carbonyl (C=O) groups is 1. The third-order valence-corrected chi connectivity index (χ3v) is 1.82. The molecule has 1 aromatic heterocycles. The van der Waals surface area contributed by atoms with E-state index in [9.17, 15) is 4.79 Å². The van der Waals surface area contributed by atoms with Crippen molar-refractivity contribution in [3.8, 4) is 11.8 Å². The van der Waals surface area contributed by atoms with Gasteiger partial charge in [0.05, 0.1) is 25.8 Å². The second kappa shape index (κ2) is 4.70. The third-order valence-electron chi connectivity index (χ3n) is 1.82. The van der Waals surface area contributed by atoms with E-state index in [1.807, 2.05) is 0 Å². The average Bonchev–Trinajstić information content (AvgIpc) is 2.27. The van der Waals surface area contributed by atoms with Crippen LogP contribution in [0, 0.1) is 0 Å². The highest BCUT2D eigenvalue weighted by atomic mass is 16.5. The standard InChI is InChI=1S/C9H13N3O3/c1-5(10)8(13)6-4-7(14-2)11-12-9(6)15-3/h4-5H,10H2,1-3H3. The summed E-state index contributed by atoms with van der Waals surface area (Å²) in [4.78, 5) is 11.7. The Morgan fingerprint density at radius 2 is 2.07 bits per heavy atom. The maximum Gasteiger partial charge on any atom is 0.244 e. The van der Waals surface area contributed by atoms with Crippen LogP contribution >= 0.6 is 0 Å². The fraction of sp³-hybridized carbons (Fsp3) is 0.444. The van der Waals surface area contributed by atoms with Crippen LogP contribution in [0.4, 0.5) is 0 Å². The van der Waals surface area contributed by atoms with Gasteiger partial charge in [-0.15, -0.1) is 10.2 Å². The Morgan fingerprint density at radius 1 is 1.40 bits per heavy atom. The zero-order valence-electron chi connectivity index (χ0n) is 8.85. The largest absolute Gasteiger partial charge is 0.480 e. The Labute approximate surface area is 87.4 Å². The van der Waals surface area contributed by atoms with Gasteiger partial charge in [-0.2, -0.15) is 0 Å². The van der Waals surface area contributed by atoms with Gasteiger partial charge in [0, 0.05) is 6.07 Å². The maximum absolute atomic E-state index is 11.7. The highest BCUT2D eigenvalue weighted by Crippen LogP contribution is 2.19. The van der Waals surface area contributed by atoms with Gasteiger partial charge in [0.2, 0.25) is 11.8 Å². The lowest BCUT2D eigenvalue weighted by atomic mass is 10.1. The van der Waals surface area contributed by atoms with Crippen molar-refractivity contribution in [1.82, 2.24) is 10.2 Å². The molecule has 15 heavy (non-hydrogen) atoms.